The molecule has 1 unspecified atom stereocenters. The average molecular weight is 277 g/mol. The molecule has 18 heavy (non-hydrogen) atoms. The van der Waals surface area contributed by atoms with Gasteiger partial charge in [0.1, 0.15) is 9.84 Å². The molecule has 0 fully saturated rings. The standard InChI is InChI=1S/C12H27N3O2S/c1-10(2)6-5-7-11(3)15-12(13)14-8-9-18(4,16)17/h10-11H,5-9H2,1-4H3,(H3,13,14,15). The summed E-state index contributed by atoms with van der Waals surface area (Å²) in [6.45, 7) is 6.69. The van der Waals surface area contributed by atoms with Crippen LogP contribution in [0.4, 0.5) is 0 Å². The molecule has 0 aliphatic rings. The van der Waals surface area contributed by atoms with Crippen LogP contribution >= 0.6 is 0 Å². The van der Waals surface area contributed by atoms with E-state index < -0.39 is 9.84 Å². The molecule has 0 aliphatic carbocycles. The van der Waals surface area contributed by atoms with E-state index in [1.165, 1.54) is 12.7 Å². The van der Waals surface area contributed by atoms with Crippen LogP contribution in [0.5, 0.6) is 0 Å². The number of sulfone groups is 1. The van der Waals surface area contributed by atoms with Gasteiger partial charge in [0, 0.05) is 12.3 Å². The quantitative estimate of drug-likeness (QED) is 0.515. The van der Waals surface area contributed by atoms with Crippen LogP contribution in [-0.2, 0) is 9.84 Å². The van der Waals surface area contributed by atoms with Crippen molar-refractivity contribution in [3.05, 3.63) is 0 Å². The van der Waals surface area contributed by atoms with Gasteiger partial charge in [-0.05, 0) is 19.3 Å². The van der Waals surface area contributed by atoms with E-state index >= 15 is 0 Å². The lowest BCUT2D eigenvalue weighted by molar-refractivity contribution is 0.493. The first kappa shape index (κ1) is 17.2. The zero-order valence-electron chi connectivity index (χ0n) is 11.9. The van der Waals surface area contributed by atoms with Crippen molar-refractivity contribution in [2.75, 3.05) is 18.6 Å². The monoisotopic (exact) mass is 277 g/mol. The predicted molar refractivity (Wildman–Crippen MR) is 77.5 cm³/mol. The molecular formula is C12H27N3O2S. The van der Waals surface area contributed by atoms with Gasteiger partial charge in [-0.1, -0.05) is 26.7 Å². The molecule has 0 aromatic carbocycles. The van der Waals surface area contributed by atoms with E-state index in [-0.39, 0.29) is 18.3 Å². The van der Waals surface area contributed by atoms with Gasteiger partial charge < -0.3 is 11.1 Å². The number of nitrogens with one attached hydrogen (secondary N) is 1. The third kappa shape index (κ3) is 11.7. The minimum Gasteiger partial charge on any atom is -0.370 e. The molecule has 0 radical (unpaired) electrons. The largest absolute Gasteiger partial charge is 0.370 e. The van der Waals surface area contributed by atoms with E-state index in [4.69, 9.17) is 5.73 Å². The average Bonchev–Trinajstić information content (AvgIpc) is 2.14. The van der Waals surface area contributed by atoms with E-state index in [1.807, 2.05) is 0 Å². The minimum atomic E-state index is -2.96. The maximum Gasteiger partial charge on any atom is 0.188 e. The molecule has 6 heteroatoms. The Morgan fingerprint density at radius 2 is 1.89 bits per heavy atom. The highest BCUT2D eigenvalue weighted by atomic mass is 32.2. The number of nitrogens with zero attached hydrogens (tertiary/aromatic N) is 1. The maximum atomic E-state index is 10.9. The van der Waals surface area contributed by atoms with Crippen LogP contribution in [0.25, 0.3) is 0 Å². The van der Waals surface area contributed by atoms with Crippen LogP contribution in [0.3, 0.4) is 0 Å². The molecule has 0 amide bonds. The topological polar surface area (TPSA) is 84.5 Å². The summed E-state index contributed by atoms with van der Waals surface area (Å²) < 4.78 is 21.8. The Hall–Kier alpha value is -0.780. The highest BCUT2D eigenvalue weighted by molar-refractivity contribution is 7.90. The Kier molecular flexibility index (Phi) is 7.98. The molecule has 0 bridgehead atoms. The summed E-state index contributed by atoms with van der Waals surface area (Å²) in [6, 6.07) is 0.269. The number of aliphatic imine (C=N–C) groups is 1. The summed E-state index contributed by atoms with van der Waals surface area (Å²) in [4.78, 5) is 4.00. The Morgan fingerprint density at radius 1 is 1.28 bits per heavy atom. The maximum absolute atomic E-state index is 10.9. The number of hydrogen-bond acceptors (Lipinski definition) is 3. The van der Waals surface area contributed by atoms with Gasteiger partial charge in [0.15, 0.2) is 5.96 Å². The van der Waals surface area contributed by atoms with Crippen molar-refractivity contribution in [1.29, 1.82) is 0 Å². The van der Waals surface area contributed by atoms with E-state index in [1.54, 1.807) is 0 Å². The SMILES string of the molecule is CC(C)CCCC(C)NC(N)=NCCS(C)(=O)=O. The molecule has 0 aromatic rings. The van der Waals surface area contributed by atoms with Gasteiger partial charge in [-0.15, -0.1) is 0 Å². The van der Waals surface area contributed by atoms with Gasteiger partial charge in [0.2, 0.25) is 0 Å². The van der Waals surface area contributed by atoms with Gasteiger partial charge >= 0.3 is 0 Å². The molecule has 0 saturated carbocycles. The van der Waals surface area contributed by atoms with Gasteiger partial charge in [0.25, 0.3) is 0 Å². The van der Waals surface area contributed by atoms with E-state index in [0.29, 0.717) is 5.96 Å². The Morgan fingerprint density at radius 3 is 2.39 bits per heavy atom. The Bertz CT molecular complexity index is 350. The highest BCUT2D eigenvalue weighted by Crippen LogP contribution is 2.07. The zero-order valence-corrected chi connectivity index (χ0v) is 12.8. The fourth-order valence-electron chi connectivity index (χ4n) is 1.53. The van der Waals surface area contributed by atoms with Crippen LogP contribution in [0, 0.1) is 5.92 Å². The van der Waals surface area contributed by atoms with Crippen molar-refractivity contribution in [3.63, 3.8) is 0 Å². The van der Waals surface area contributed by atoms with Gasteiger partial charge in [-0.25, -0.2) is 8.42 Å². The fourth-order valence-corrected chi connectivity index (χ4v) is 1.96. The van der Waals surface area contributed by atoms with Crippen molar-refractivity contribution in [3.8, 4) is 0 Å². The second-order valence-corrected chi connectivity index (χ2v) is 7.53. The summed E-state index contributed by atoms with van der Waals surface area (Å²) >= 11 is 0. The second-order valence-electron chi connectivity index (χ2n) is 5.27. The summed E-state index contributed by atoms with van der Waals surface area (Å²) in [5.41, 5.74) is 5.68. The molecule has 5 nitrogen and oxygen atoms in total. The van der Waals surface area contributed by atoms with Crippen LogP contribution in [-0.4, -0.2) is 39.0 Å². The van der Waals surface area contributed by atoms with Crippen molar-refractivity contribution in [1.82, 2.24) is 5.32 Å². The molecule has 3 N–H and O–H groups in total. The van der Waals surface area contributed by atoms with Gasteiger partial charge in [-0.3, -0.25) is 4.99 Å². The van der Waals surface area contributed by atoms with Crippen LogP contribution < -0.4 is 11.1 Å². The molecule has 108 valence electrons. The van der Waals surface area contributed by atoms with Gasteiger partial charge in [-0.2, -0.15) is 0 Å². The van der Waals surface area contributed by atoms with Crippen molar-refractivity contribution >= 4 is 15.8 Å². The Balaban J connectivity index is 3.85. The number of nitrogens with two attached hydrogens (primary N) is 1. The molecule has 0 aliphatic heterocycles. The fraction of sp³-hybridized carbons (Fsp3) is 0.917. The second kappa shape index (κ2) is 8.34. The third-order valence-corrected chi connectivity index (χ3v) is 3.48. The Labute approximate surface area is 111 Å². The predicted octanol–water partition coefficient (Wildman–Crippen LogP) is 1.15. The molecule has 0 heterocycles. The highest BCUT2D eigenvalue weighted by Gasteiger charge is 2.04. The molecule has 0 saturated heterocycles. The molecule has 0 rings (SSSR count). The van der Waals surface area contributed by atoms with Crippen LogP contribution in [0.15, 0.2) is 4.99 Å². The van der Waals surface area contributed by atoms with Crippen LogP contribution in [0.2, 0.25) is 0 Å². The summed E-state index contributed by atoms with van der Waals surface area (Å²) in [5.74, 6) is 1.09. The van der Waals surface area contributed by atoms with E-state index in [2.05, 4.69) is 31.1 Å². The zero-order chi connectivity index (χ0) is 14.2. The lowest BCUT2D eigenvalue weighted by Gasteiger charge is -2.14. The molecule has 0 spiro atoms. The molecule has 1 atom stereocenters. The first-order chi connectivity index (χ1) is 8.20. The first-order valence-corrected chi connectivity index (χ1v) is 8.51. The van der Waals surface area contributed by atoms with E-state index in [9.17, 15) is 8.42 Å². The van der Waals surface area contributed by atoms with Crippen LogP contribution in [0.1, 0.15) is 40.0 Å². The molecular weight excluding hydrogens is 250 g/mol. The first-order valence-electron chi connectivity index (χ1n) is 6.45. The summed E-state index contributed by atoms with van der Waals surface area (Å²) in [7, 11) is -2.96. The van der Waals surface area contributed by atoms with Crippen molar-refractivity contribution < 1.29 is 8.42 Å². The van der Waals surface area contributed by atoms with Crippen molar-refractivity contribution in [2.45, 2.75) is 46.1 Å². The number of hydrogen-bond donors (Lipinski definition) is 2. The summed E-state index contributed by atoms with van der Waals surface area (Å²) in [6.07, 6.45) is 4.60. The third-order valence-electron chi connectivity index (χ3n) is 2.56. The lowest BCUT2D eigenvalue weighted by atomic mass is 10.0. The minimum absolute atomic E-state index is 0.0388. The number of guanidine groups is 1. The molecule has 0 aromatic heterocycles. The van der Waals surface area contributed by atoms with E-state index in [0.717, 1.165) is 18.8 Å². The smallest absolute Gasteiger partial charge is 0.188 e. The normalized spacial score (nSPS) is 14.8. The summed E-state index contributed by atoms with van der Waals surface area (Å²) in [5, 5.41) is 3.07. The lowest BCUT2D eigenvalue weighted by Crippen LogP contribution is -2.38. The van der Waals surface area contributed by atoms with Gasteiger partial charge in [0.05, 0.1) is 12.3 Å². The number of rotatable bonds is 8. The van der Waals surface area contributed by atoms with Crippen molar-refractivity contribution in [2.24, 2.45) is 16.6 Å².